The highest BCUT2D eigenvalue weighted by Gasteiger charge is 2.38. The molecule has 1 heterocycles. The van der Waals surface area contributed by atoms with Crippen LogP contribution >= 0.6 is 23.5 Å². The van der Waals surface area contributed by atoms with Gasteiger partial charge in [-0.3, -0.25) is 0 Å². The Hall–Kier alpha value is -2.03. The summed E-state index contributed by atoms with van der Waals surface area (Å²) in [4.78, 5) is 10.9. The van der Waals surface area contributed by atoms with E-state index in [2.05, 4.69) is 30.4 Å². The molecule has 0 saturated heterocycles. The van der Waals surface area contributed by atoms with E-state index in [4.69, 9.17) is 9.84 Å². The maximum absolute atomic E-state index is 10.9. The molecule has 0 radical (unpaired) electrons. The number of benzene rings is 2. The second kappa shape index (κ2) is 8.11. The smallest absolute Gasteiger partial charge is 0.335 e. The predicted octanol–water partition coefficient (Wildman–Crippen LogP) is 4.64. The van der Waals surface area contributed by atoms with Crippen molar-refractivity contribution in [2.75, 3.05) is 19.1 Å². The number of hydrogen-bond donors (Lipinski definition) is 1. The number of hydrogen-bond acceptors (Lipinski definition) is 4. The molecule has 0 saturated carbocycles. The van der Waals surface area contributed by atoms with Crippen LogP contribution in [0.15, 0.2) is 42.5 Å². The van der Waals surface area contributed by atoms with E-state index in [1.54, 1.807) is 24.3 Å². The summed E-state index contributed by atoms with van der Waals surface area (Å²) in [5.74, 6) is 6.40. The van der Waals surface area contributed by atoms with Gasteiger partial charge in [0.25, 0.3) is 0 Å². The minimum atomic E-state index is -0.925. The van der Waals surface area contributed by atoms with Crippen molar-refractivity contribution in [3.8, 4) is 17.6 Å². The Labute approximate surface area is 162 Å². The summed E-state index contributed by atoms with van der Waals surface area (Å²) >= 11 is 3.73. The number of fused-ring (bicyclic) bond motifs is 1. The first kappa shape index (κ1) is 18.8. The summed E-state index contributed by atoms with van der Waals surface area (Å²) in [6, 6.07) is 12.8. The van der Waals surface area contributed by atoms with Gasteiger partial charge in [0.2, 0.25) is 0 Å². The molecular weight excluding hydrogens is 364 g/mol. The van der Waals surface area contributed by atoms with Gasteiger partial charge in [-0.1, -0.05) is 24.0 Å². The number of thioether (sulfide) groups is 2. The van der Waals surface area contributed by atoms with Crippen LogP contribution in [0.2, 0.25) is 0 Å². The molecule has 1 aliphatic rings. The highest BCUT2D eigenvalue weighted by Crippen LogP contribution is 2.53. The second-order valence-corrected chi connectivity index (χ2v) is 8.38. The van der Waals surface area contributed by atoms with Crippen molar-refractivity contribution >= 4 is 29.5 Å². The van der Waals surface area contributed by atoms with Crippen molar-refractivity contribution < 1.29 is 14.6 Å². The van der Waals surface area contributed by atoms with Gasteiger partial charge in [0.1, 0.15) is 5.75 Å². The van der Waals surface area contributed by atoms with Crippen molar-refractivity contribution in [1.82, 2.24) is 0 Å². The van der Waals surface area contributed by atoms with Crippen LogP contribution in [0.5, 0.6) is 5.75 Å². The first-order chi connectivity index (χ1) is 12.6. The molecule has 0 spiro atoms. The highest BCUT2D eigenvalue weighted by atomic mass is 32.2. The molecule has 1 N–H and O–H groups in total. The molecule has 2 aromatic carbocycles. The van der Waals surface area contributed by atoms with Crippen molar-refractivity contribution in [3.63, 3.8) is 0 Å². The minimum absolute atomic E-state index is 0.00892. The Morgan fingerprint density at radius 3 is 2.58 bits per heavy atom. The SMILES string of the molecule is CSC1(SC)CCOc2cccc(CC#Cc3ccc(C(=O)O)cc3)c21. The van der Waals surface area contributed by atoms with E-state index < -0.39 is 5.97 Å². The van der Waals surface area contributed by atoms with Crippen LogP contribution in [0.1, 0.15) is 33.5 Å². The third-order valence-corrected chi connectivity index (χ3v) is 7.62. The van der Waals surface area contributed by atoms with Gasteiger partial charge < -0.3 is 9.84 Å². The number of carbonyl (C=O) groups is 1. The Kier molecular flexibility index (Phi) is 5.85. The predicted molar refractivity (Wildman–Crippen MR) is 109 cm³/mol. The van der Waals surface area contributed by atoms with Gasteiger partial charge in [0, 0.05) is 24.0 Å². The van der Waals surface area contributed by atoms with Crippen molar-refractivity contribution in [2.45, 2.75) is 16.9 Å². The molecule has 3 rings (SSSR count). The third-order valence-electron chi connectivity index (χ3n) is 4.49. The van der Waals surface area contributed by atoms with Crippen molar-refractivity contribution in [1.29, 1.82) is 0 Å². The van der Waals surface area contributed by atoms with Crippen LogP contribution in [0.25, 0.3) is 0 Å². The van der Waals surface area contributed by atoms with Crippen LogP contribution in [0.4, 0.5) is 0 Å². The van der Waals surface area contributed by atoms with Gasteiger partial charge in [0.15, 0.2) is 0 Å². The molecule has 26 heavy (non-hydrogen) atoms. The molecule has 1 aliphatic heterocycles. The first-order valence-corrected chi connectivity index (χ1v) is 10.7. The summed E-state index contributed by atoms with van der Waals surface area (Å²) in [5, 5.41) is 8.96. The Balaban J connectivity index is 1.87. The topological polar surface area (TPSA) is 46.5 Å². The summed E-state index contributed by atoms with van der Waals surface area (Å²) in [6.45, 7) is 0.736. The summed E-state index contributed by atoms with van der Waals surface area (Å²) < 4.78 is 5.90. The molecule has 0 amide bonds. The first-order valence-electron chi connectivity index (χ1n) is 8.27. The average molecular weight is 385 g/mol. The number of carboxylic acid groups (broad SMARTS) is 1. The molecule has 0 aliphatic carbocycles. The number of carboxylic acids is 1. The number of rotatable bonds is 4. The average Bonchev–Trinajstić information content (AvgIpc) is 2.68. The highest BCUT2D eigenvalue weighted by molar-refractivity contribution is 8.16. The summed E-state index contributed by atoms with van der Waals surface area (Å²) in [7, 11) is 0. The largest absolute Gasteiger partial charge is 0.493 e. The quantitative estimate of drug-likeness (QED) is 0.615. The molecular formula is C21H20O3S2. The van der Waals surface area contributed by atoms with Gasteiger partial charge >= 0.3 is 5.97 Å². The van der Waals surface area contributed by atoms with Crippen LogP contribution in [-0.2, 0) is 10.5 Å². The molecule has 0 unspecified atom stereocenters. The monoisotopic (exact) mass is 384 g/mol. The fourth-order valence-electron chi connectivity index (χ4n) is 3.13. The molecule has 134 valence electrons. The fourth-order valence-corrected chi connectivity index (χ4v) is 5.24. The van der Waals surface area contributed by atoms with Gasteiger partial charge in [0.05, 0.1) is 16.2 Å². The van der Waals surface area contributed by atoms with Gasteiger partial charge in [-0.15, -0.1) is 23.5 Å². The maximum Gasteiger partial charge on any atom is 0.335 e. The molecule has 3 nitrogen and oxygen atoms in total. The maximum atomic E-state index is 10.9. The lowest BCUT2D eigenvalue weighted by Gasteiger charge is -2.37. The van der Waals surface area contributed by atoms with E-state index in [1.807, 2.05) is 35.7 Å². The Morgan fingerprint density at radius 2 is 1.92 bits per heavy atom. The normalized spacial score (nSPS) is 14.5. The lowest BCUT2D eigenvalue weighted by Crippen LogP contribution is -2.27. The number of aromatic carboxylic acids is 1. The van der Waals surface area contributed by atoms with E-state index in [-0.39, 0.29) is 9.64 Å². The van der Waals surface area contributed by atoms with Crippen LogP contribution in [0.3, 0.4) is 0 Å². The van der Waals surface area contributed by atoms with Gasteiger partial charge in [-0.25, -0.2) is 4.79 Å². The van der Waals surface area contributed by atoms with Crippen molar-refractivity contribution in [3.05, 3.63) is 64.7 Å². The fraction of sp³-hybridized carbons (Fsp3) is 0.286. The molecule has 0 fully saturated rings. The lowest BCUT2D eigenvalue weighted by molar-refractivity contribution is 0.0697. The summed E-state index contributed by atoms with van der Waals surface area (Å²) in [5.41, 5.74) is 3.54. The van der Waals surface area contributed by atoms with Crippen LogP contribution in [-0.4, -0.2) is 30.2 Å². The molecule has 5 heteroatoms. The minimum Gasteiger partial charge on any atom is -0.493 e. The zero-order chi connectivity index (χ0) is 18.6. The molecule has 0 atom stereocenters. The zero-order valence-electron chi connectivity index (χ0n) is 14.7. The van der Waals surface area contributed by atoms with Gasteiger partial charge in [-0.2, -0.15) is 0 Å². The van der Waals surface area contributed by atoms with E-state index in [1.165, 1.54) is 11.1 Å². The zero-order valence-corrected chi connectivity index (χ0v) is 16.4. The Bertz CT molecular complexity index is 859. The van der Waals surface area contributed by atoms with Crippen LogP contribution in [0, 0.1) is 11.8 Å². The van der Waals surface area contributed by atoms with E-state index in [0.717, 1.165) is 24.3 Å². The molecule has 0 bridgehead atoms. The lowest BCUT2D eigenvalue weighted by atomic mass is 9.96. The standard InChI is InChI=1S/C21H20O3S2/c1-25-21(26-2)13-14-24-18-8-4-7-16(19(18)21)6-3-5-15-9-11-17(12-10-15)20(22)23/h4,7-12H,6,13-14H2,1-2H3,(H,22,23). The van der Waals surface area contributed by atoms with E-state index in [9.17, 15) is 4.79 Å². The van der Waals surface area contributed by atoms with Gasteiger partial charge in [-0.05, 0) is 48.4 Å². The Morgan fingerprint density at radius 1 is 1.19 bits per heavy atom. The third kappa shape index (κ3) is 3.72. The molecule has 0 aromatic heterocycles. The summed E-state index contributed by atoms with van der Waals surface area (Å²) in [6.07, 6.45) is 5.91. The molecule has 2 aromatic rings. The van der Waals surface area contributed by atoms with Crippen LogP contribution < -0.4 is 4.74 Å². The van der Waals surface area contributed by atoms with E-state index >= 15 is 0 Å². The van der Waals surface area contributed by atoms with E-state index in [0.29, 0.717) is 6.42 Å². The van der Waals surface area contributed by atoms with Crippen molar-refractivity contribution in [2.24, 2.45) is 0 Å². The number of ether oxygens (including phenoxy) is 1. The second-order valence-electron chi connectivity index (χ2n) is 5.91.